The Morgan fingerprint density at radius 3 is 2.60 bits per heavy atom. The third-order valence-electron chi connectivity index (χ3n) is 4.32. The maximum absolute atomic E-state index is 13.0. The van der Waals surface area contributed by atoms with E-state index in [0.29, 0.717) is 29.2 Å². The van der Waals surface area contributed by atoms with Crippen LogP contribution in [0.15, 0.2) is 83.4 Å². The first kappa shape index (κ1) is 19.3. The Morgan fingerprint density at radius 2 is 1.80 bits per heavy atom. The summed E-state index contributed by atoms with van der Waals surface area (Å²) in [6, 6.07) is 22.3. The van der Waals surface area contributed by atoms with Crippen LogP contribution in [-0.4, -0.2) is 16.0 Å². The highest BCUT2D eigenvalue weighted by Crippen LogP contribution is 2.18. The van der Waals surface area contributed by atoms with Gasteiger partial charge in [0, 0.05) is 17.7 Å². The van der Waals surface area contributed by atoms with Crippen LogP contribution in [-0.2, 0) is 13.2 Å². The van der Waals surface area contributed by atoms with E-state index in [4.69, 9.17) is 9.26 Å². The number of aromatic nitrogens is 2. The molecule has 7 heteroatoms. The van der Waals surface area contributed by atoms with Gasteiger partial charge in [-0.05, 0) is 48.0 Å². The van der Waals surface area contributed by atoms with Gasteiger partial charge >= 0.3 is 0 Å². The first-order valence-corrected chi connectivity index (χ1v) is 9.31. The fourth-order valence-electron chi connectivity index (χ4n) is 2.78. The van der Waals surface area contributed by atoms with E-state index >= 15 is 0 Å². The number of carbonyl (C=O) groups excluding carboxylic acids is 1. The van der Waals surface area contributed by atoms with Gasteiger partial charge in [-0.3, -0.25) is 4.79 Å². The summed E-state index contributed by atoms with van der Waals surface area (Å²) in [7, 11) is 0. The number of carbonyl (C=O) groups is 1. The molecule has 1 heterocycles. The van der Waals surface area contributed by atoms with Crippen molar-refractivity contribution in [3.8, 4) is 17.1 Å². The number of benzene rings is 3. The third kappa shape index (κ3) is 4.88. The quantitative estimate of drug-likeness (QED) is 0.495. The Morgan fingerprint density at radius 1 is 1.00 bits per heavy atom. The first-order valence-electron chi connectivity index (χ1n) is 9.31. The second kappa shape index (κ2) is 9.00. The Hall–Kier alpha value is -4.00. The van der Waals surface area contributed by atoms with Gasteiger partial charge in [-0.25, -0.2) is 4.39 Å². The van der Waals surface area contributed by atoms with Crippen molar-refractivity contribution in [3.05, 3.63) is 102 Å². The van der Waals surface area contributed by atoms with Crippen LogP contribution in [0.2, 0.25) is 0 Å². The average Bonchev–Trinajstić information content (AvgIpc) is 3.26. The van der Waals surface area contributed by atoms with E-state index in [-0.39, 0.29) is 24.2 Å². The predicted octanol–water partition coefficient (Wildman–Crippen LogP) is 4.38. The third-order valence-corrected chi connectivity index (χ3v) is 4.32. The molecule has 0 spiro atoms. The molecule has 3 aromatic carbocycles. The van der Waals surface area contributed by atoms with Gasteiger partial charge in [0.05, 0.1) is 0 Å². The Balaban J connectivity index is 1.35. The highest BCUT2D eigenvalue weighted by atomic mass is 19.1. The lowest BCUT2D eigenvalue weighted by molar-refractivity contribution is 0.0950. The minimum atomic E-state index is -0.335. The van der Waals surface area contributed by atoms with Crippen molar-refractivity contribution >= 4 is 5.91 Å². The number of rotatable bonds is 7. The fourth-order valence-corrected chi connectivity index (χ4v) is 2.78. The summed E-state index contributed by atoms with van der Waals surface area (Å²) in [5, 5.41) is 6.75. The molecule has 0 aliphatic heterocycles. The fraction of sp³-hybridized carbons (Fsp3) is 0.0870. The van der Waals surface area contributed by atoms with Crippen molar-refractivity contribution < 1.29 is 18.4 Å². The molecular weight excluding hydrogens is 385 g/mol. The van der Waals surface area contributed by atoms with Gasteiger partial charge in [0.25, 0.3) is 11.8 Å². The van der Waals surface area contributed by atoms with Crippen LogP contribution in [0.5, 0.6) is 5.75 Å². The zero-order valence-corrected chi connectivity index (χ0v) is 15.9. The molecule has 30 heavy (non-hydrogen) atoms. The number of halogens is 1. The SMILES string of the molecule is O=C(NCc1ccccc1)c1cccc(OCc2nc(-c3ccc(F)cc3)no2)c1. The van der Waals surface area contributed by atoms with Gasteiger partial charge in [-0.1, -0.05) is 41.6 Å². The maximum atomic E-state index is 13.0. The van der Waals surface area contributed by atoms with Gasteiger partial charge in [0.2, 0.25) is 5.82 Å². The van der Waals surface area contributed by atoms with Crippen molar-refractivity contribution in [1.29, 1.82) is 0 Å². The van der Waals surface area contributed by atoms with Crippen molar-refractivity contribution in [2.45, 2.75) is 13.2 Å². The maximum Gasteiger partial charge on any atom is 0.264 e. The number of nitrogens with zero attached hydrogens (tertiary/aromatic N) is 2. The van der Waals surface area contributed by atoms with Crippen molar-refractivity contribution in [2.24, 2.45) is 0 Å². The summed E-state index contributed by atoms with van der Waals surface area (Å²) >= 11 is 0. The zero-order chi connectivity index (χ0) is 20.8. The molecule has 0 radical (unpaired) electrons. The molecule has 0 atom stereocenters. The molecule has 4 aromatic rings. The molecule has 1 amide bonds. The summed E-state index contributed by atoms with van der Waals surface area (Å²) in [5.74, 6) is 0.596. The lowest BCUT2D eigenvalue weighted by Gasteiger charge is -2.08. The largest absolute Gasteiger partial charge is 0.484 e. The lowest BCUT2D eigenvalue weighted by atomic mass is 10.2. The van der Waals surface area contributed by atoms with E-state index in [1.54, 1.807) is 36.4 Å². The lowest BCUT2D eigenvalue weighted by Crippen LogP contribution is -2.22. The van der Waals surface area contributed by atoms with E-state index in [2.05, 4.69) is 15.5 Å². The van der Waals surface area contributed by atoms with Crippen molar-refractivity contribution in [2.75, 3.05) is 0 Å². The Bertz CT molecular complexity index is 1130. The molecule has 150 valence electrons. The van der Waals surface area contributed by atoms with E-state index in [9.17, 15) is 9.18 Å². The molecule has 1 aromatic heterocycles. The van der Waals surface area contributed by atoms with Crippen LogP contribution in [0.25, 0.3) is 11.4 Å². The van der Waals surface area contributed by atoms with Gasteiger partial charge in [-0.2, -0.15) is 4.98 Å². The van der Waals surface area contributed by atoms with Crippen molar-refractivity contribution in [1.82, 2.24) is 15.5 Å². The normalized spacial score (nSPS) is 10.6. The van der Waals surface area contributed by atoms with Crippen LogP contribution in [0.3, 0.4) is 0 Å². The predicted molar refractivity (Wildman–Crippen MR) is 108 cm³/mol. The average molecular weight is 403 g/mol. The minimum absolute atomic E-state index is 0.0449. The topological polar surface area (TPSA) is 77.2 Å². The van der Waals surface area contributed by atoms with E-state index < -0.39 is 0 Å². The molecule has 0 aliphatic carbocycles. The molecule has 0 unspecified atom stereocenters. The zero-order valence-electron chi connectivity index (χ0n) is 15.9. The van der Waals surface area contributed by atoms with Crippen molar-refractivity contribution in [3.63, 3.8) is 0 Å². The van der Waals surface area contributed by atoms with Crippen LogP contribution < -0.4 is 10.1 Å². The summed E-state index contributed by atoms with van der Waals surface area (Å²) in [6.07, 6.45) is 0. The van der Waals surface area contributed by atoms with Gasteiger partial charge < -0.3 is 14.6 Å². The molecule has 0 fully saturated rings. The Labute approximate surface area is 172 Å². The first-order chi connectivity index (χ1) is 14.7. The van der Waals surface area contributed by atoms with Crippen LogP contribution in [0, 0.1) is 5.82 Å². The number of hydrogen-bond donors (Lipinski definition) is 1. The smallest absolute Gasteiger partial charge is 0.264 e. The summed E-state index contributed by atoms with van der Waals surface area (Å²) < 4.78 is 23.9. The molecule has 6 nitrogen and oxygen atoms in total. The van der Waals surface area contributed by atoms with E-state index in [0.717, 1.165) is 5.56 Å². The molecule has 0 aliphatic rings. The van der Waals surface area contributed by atoms with Gasteiger partial charge in [0.15, 0.2) is 6.61 Å². The van der Waals surface area contributed by atoms with Crippen LogP contribution >= 0.6 is 0 Å². The molecule has 0 bridgehead atoms. The summed E-state index contributed by atoms with van der Waals surface area (Å²) in [4.78, 5) is 16.6. The monoisotopic (exact) mass is 403 g/mol. The van der Waals surface area contributed by atoms with Gasteiger partial charge in [0.1, 0.15) is 11.6 Å². The molecule has 0 saturated carbocycles. The molecular formula is C23H18FN3O3. The molecule has 0 saturated heterocycles. The number of amides is 1. The van der Waals surface area contributed by atoms with Gasteiger partial charge in [-0.15, -0.1) is 0 Å². The standard InChI is InChI=1S/C23H18FN3O3/c24-19-11-9-17(10-12-19)22-26-21(30-27-22)15-29-20-8-4-7-18(13-20)23(28)25-14-16-5-2-1-3-6-16/h1-13H,14-15H2,(H,25,28). The molecule has 4 rings (SSSR count). The van der Waals surface area contributed by atoms with E-state index in [1.807, 2.05) is 30.3 Å². The van der Waals surface area contributed by atoms with Crippen LogP contribution in [0.4, 0.5) is 4.39 Å². The number of hydrogen-bond acceptors (Lipinski definition) is 5. The molecule has 1 N–H and O–H groups in total. The highest BCUT2D eigenvalue weighted by molar-refractivity contribution is 5.94. The highest BCUT2D eigenvalue weighted by Gasteiger charge is 2.11. The summed E-state index contributed by atoms with van der Waals surface area (Å²) in [5.41, 5.74) is 2.15. The Kier molecular flexibility index (Phi) is 5.80. The second-order valence-corrected chi connectivity index (χ2v) is 6.50. The number of nitrogens with one attached hydrogen (secondary N) is 1. The number of ether oxygens (including phenoxy) is 1. The summed E-state index contributed by atoms with van der Waals surface area (Å²) in [6.45, 7) is 0.488. The van der Waals surface area contributed by atoms with Crippen LogP contribution in [0.1, 0.15) is 21.8 Å². The van der Waals surface area contributed by atoms with E-state index in [1.165, 1.54) is 12.1 Å². The minimum Gasteiger partial charge on any atom is -0.484 e. The second-order valence-electron chi connectivity index (χ2n) is 6.50.